The van der Waals surface area contributed by atoms with Crippen LogP contribution in [0.1, 0.15) is 18.4 Å². The van der Waals surface area contributed by atoms with Crippen LogP contribution in [0, 0.1) is 5.92 Å². The lowest BCUT2D eigenvalue weighted by atomic mass is 9.90. The molecule has 0 saturated carbocycles. The minimum absolute atomic E-state index is 0.470. The van der Waals surface area contributed by atoms with E-state index in [1.807, 2.05) is 6.07 Å². The number of carbonyl (C=O) groups excluding carboxylic acids is 2. The van der Waals surface area contributed by atoms with E-state index in [0.717, 1.165) is 29.5 Å². The first-order valence-corrected chi connectivity index (χ1v) is 10.2. The summed E-state index contributed by atoms with van der Waals surface area (Å²) in [6, 6.07) is 15.7. The number of hydrogen-bond donors (Lipinski definition) is 2. The van der Waals surface area contributed by atoms with E-state index < -0.39 is 11.8 Å². The van der Waals surface area contributed by atoms with Crippen LogP contribution >= 0.6 is 11.3 Å². The number of hydrogen-bond acceptors (Lipinski definition) is 5. The third-order valence-corrected chi connectivity index (χ3v) is 5.97. The molecule has 0 unspecified atom stereocenters. The van der Waals surface area contributed by atoms with Crippen molar-refractivity contribution in [2.75, 3.05) is 24.1 Å². The Labute approximate surface area is 167 Å². The smallest absolute Gasteiger partial charge is 0.313 e. The van der Waals surface area contributed by atoms with Crippen LogP contribution in [0.2, 0.25) is 0 Å². The molecule has 2 heterocycles. The highest BCUT2D eigenvalue weighted by atomic mass is 32.1. The van der Waals surface area contributed by atoms with E-state index in [4.69, 9.17) is 5.73 Å². The van der Waals surface area contributed by atoms with Crippen molar-refractivity contribution in [3.05, 3.63) is 54.1 Å². The number of piperidine rings is 1. The van der Waals surface area contributed by atoms with Crippen LogP contribution in [0.4, 0.5) is 10.8 Å². The monoisotopic (exact) mass is 394 g/mol. The highest BCUT2D eigenvalue weighted by molar-refractivity contribution is 7.22. The second-order valence-corrected chi connectivity index (χ2v) is 8.18. The molecule has 1 aromatic heterocycles. The average molecular weight is 395 g/mol. The number of amides is 2. The van der Waals surface area contributed by atoms with Gasteiger partial charge in [0, 0.05) is 18.8 Å². The molecule has 3 N–H and O–H groups in total. The van der Waals surface area contributed by atoms with Gasteiger partial charge in [0.1, 0.15) is 0 Å². The lowest BCUT2D eigenvalue weighted by molar-refractivity contribution is -0.144. The Kier molecular flexibility index (Phi) is 5.25. The van der Waals surface area contributed by atoms with Crippen LogP contribution in [0.25, 0.3) is 10.2 Å². The number of nitrogen functional groups attached to an aromatic ring is 1. The number of fused-ring (bicyclic) bond motifs is 1. The Hall–Kier alpha value is -2.93. The second-order valence-electron chi connectivity index (χ2n) is 7.11. The molecule has 1 fully saturated rings. The number of nitrogens with two attached hydrogens (primary N) is 1. The number of likely N-dealkylation sites (tertiary alicyclic amines) is 1. The summed E-state index contributed by atoms with van der Waals surface area (Å²) in [6.07, 6.45) is 2.85. The van der Waals surface area contributed by atoms with Crippen LogP contribution in [0.3, 0.4) is 0 Å². The van der Waals surface area contributed by atoms with Gasteiger partial charge >= 0.3 is 11.8 Å². The summed E-state index contributed by atoms with van der Waals surface area (Å²) in [5.41, 5.74) is 8.39. The first-order valence-electron chi connectivity index (χ1n) is 9.39. The van der Waals surface area contributed by atoms with Crippen molar-refractivity contribution in [2.24, 2.45) is 5.92 Å². The van der Waals surface area contributed by atoms with Crippen molar-refractivity contribution in [3.8, 4) is 0 Å². The van der Waals surface area contributed by atoms with Crippen LogP contribution in [0.15, 0.2) is 48.5 Å². The zero-order valence-electron chi connectivity index (χ0n) is 15.4. The van der Waals surface area contributed by atoms with Crippen molar-refractivity contribution < 1.29 is 9.59 Å². The number of rotatable bonds is 3. The minimum Gasteiger partial charge on any atom is -0.375 e. The second kappa shape index (κ2) is 7.98. The predicted molar refractivity (Wildman–Crippen MR) is 112 cm³/mol. The first-order chi connectivity index (χ1) is 13.6. The van der Waals surface area contributed by atoms with Gasteiger partial charge in [0.2, 0.25) is 0 Å². The molecular weight excluding hydrogens is 372 g/mol. The number of benzene rings is 2. The molecule has 1 aliphatic rings. The lowest BCUT2D eigenvalue weighted by Gasteiger charge is -2.31. The standard InChI is InChI=1S/C21H22N4O2S/c22-21-24-17-7-6-16(13-18(17)28-21)23-19(26)20(27)25-10-8-15(9-11-25)12-14-4-2-1-3-5-14/h1-7,13,15H,8-12H2,(H2,22,24)(H,23,26). The maximum Gasteiger partial charge on any atom is 0.313 e. The molecule has 144 valence electrons. The average Bonchev–Trinajstić information content (AvgIpc) is 3.08. The van der Waals surface area contributed by atoms with Gasteiger partial charge < -0.3 is 16.0 Å². The van der Waals surface area contributed by atoms with Crippen molar-refractivity contribution in [2.45, 2.75) is 19.3 Å². The van der Waals surface area contributed by atoms with Gasteiger partial charge in [-0.3, -0.25) is 9.59 Å². The largest absolute Gasteiger partial charge is 0.375 e. The fraction of sp³-hybridized carbons (Fsp3) is 0.286. The molecule has 0 spiro atoms. The fourth-order valence-electron chi connectivity index (χ4n) is 3.64. The highest BCUT2D eigenvalue weighted by Gasteiger charge is 2.27. The summed E-state index contributed by atoms with van der Waals surface area (Å²) in [5, 5.41) is 3.18. The van der Waals surface area contributed by atoms with Crippen LogP contribution < -0.4 is 11.1 Å². The van der Waals surface area contributed by atoms with E-state index >= 15 is 0 Å². The molecule has 0 aliphatic carbocycles. The molecule has 4 rings (SSSR count). The van der Waals surface area contributed by atoms with Gasteiger partial charge in [-0.15, -0.1) is 0 Å². The summed E-state index contributed by atoms with van der Waals surface area (Å²) in [4.78, 5) is 30.7. The van der Waals surface area contributed by atoms with Gasteiger partial charge in [0.15, 0.2) is 5.13 Å². The van der Waals surface area contributed by atoms with E-state index in [1.54, 1.807) is 23.1 Å². The Morgan fingerprint density at radius 2 is 1.89 bits per heavy atom. The van der Waals surface area contributed by atoms with E-state index in [1.165, 1.54) is 16.9 Å². The van der Waals surface area contributed by atoms with Crippen molar-refractivity contribution >= 4 is 44.2 Å². The van der Waals surface area contributed by atoms with Crippen LogP contribution in [-0.2, 0) is 16.0 Å². The zero-order valence-corrected chi connectivity index (χ0v) is 16.2. The summed E-state index contributed by atoms with van der Waals surface area (Å²) < 4.78 is 0.879. The number of anilines is 2. The van der Waals surface area contributed by atoms with Crippen molar-refractivity contribution in [3.63, 3.8) is 0 Å². The van der Waals surface area contributed by atoms with Crippen molar-refractivity contribution in [1.82, 2.24) is 9.88 Å². The SMILES string of the molecule is Nc1nc2ccc(NC(=O)C(=O)N3CCC(Cc4ccccc4)CC3)cc2s1. The number of nitrogens with one attached hydrogen (secondary N) is 1. The molecule has 6 nitrogen and oxygen atoms in total. The molecule has 1 aliphatic heterocycles. The molecule has 1 saturated heterocycles. The lowest BCUT2D eigenvalue weighted by Crippen LogP contribution is -2.44. The van der Waals surface area contributed by atoms with E-state index in [2.05, 4.69) is 34.6 Å². The Morgan fingerprint density at radius 1 is 1.14 bits per heavy atom. The fourth-order valence-corrected chi connectivity index (χ4v) is 4.41. The van der Waals surface area contributed by atoms with Crippen molar-refractivity contribution in [1.29, 1.82) is 0 Å². The maximum atomic E-state index is 12.5. The Balaban J connectivity index is 1.32. The zero-order chi connectivity index (χ0) is 19.5. The Morgan fingerprint density at radius 3 is 2.64 bits per heavy atom. The Bertz CT molecular complexity index is 994. The number of carbonyl (C=O) groups is 2. The van der Waals surface area contributed by atoms with E-state index in [-0.39, 0.29) is 0 Å². The summed E-state index contributed by atoms with van der Waals surface area (Å²) in [6.45, 7) is 1.24. The van der Waals surface area contributed by atoms with Crippen LogP contribution in [0.5, 0.6) is 0 Å². The summed E-state index contributed by atoms with van der Waals surface area (Å²) in [5.74, 6) is -0.519. The van der Waals surface area contributed by atoms with Gasteiger partial charge in [-0.05, 0) is 48.9 Å². The molecule has 0 atom stereocenters. The minimum atomic E-state index is -0.599. The molecule has 7 heteroatoms. The van der Waals surface area contributed by atoms with Gasteiger partial charge in [-0.2, -0.15) is 0 Å². The predicted octanol–water partition coefficient (Wildman–Crippen LogP) is 3.30. The molecule has 3 aromatic rings. The summed E-state index contributed by atoms with van der Waals surface area (Å²) >= 11 is 1.35. The third kappa shape index (κ3) is 4.14. The third-order valence-electron chi connectivity index (χ3n) is 5.13. The van der Waals surface area contributed by atoms with E-state index in [9.17, 15) is 9.59 Å². The van der Waals surface area contributed by atoms with E-state index in [0.29, 0.717) is 29.8 Å². The number of nitrogens with zero attached hydrogens (tertiary/aromatic N) is 2. The molecule has 0 radical (unpaired) electrons. The van der Waals surface area contributed by atoms with Gasteiger partial charge in [0.25, 0.3) is 0 Å². The normalized spacial score (nSPS) is 14.9. The first kappa shape index (κ1) is 18.4. The van der Waals surface area contributed by atoms with Gasteiger partial charge in [-0.1, -0.05) is 41.7 Å². The van der Waals surface area contributed by atoms with Crippen LogP contribution in [-0.4, -0.2) is 34.8 Å². The molecule has 2 amide bonds. The molecule has 28 heavy (non-hydrogen) atoms. The molecule has 2 aromatic carbocycles. The highest BCUT2D eigenvalue weighted by Crippen LogP contribution is 2.27. The maximum absolute atomic E-state index is 12.5. The summed E-state index contributed by atoms with van der Waals surface area (Å²) in [7, 11) is 0. The molecule has 0 bridgehead atoms. The number of aromatic nitrogens is 1. The van der Waals surface area contributed by atoms with Gasteiger partial charge in [0.05, 0.1) is 10.2 Å². The quantitative estimate of drug-likeness (QED) is 0.667. The number of thiazole rings is 1. The topological polar surface area (TPSA) is 88.3 Å². The van der Waals surface area contributed by atoms with Gasteiger partial charge in [-0.25, -0.2) is 4.98 Å². The molecular formula is C21H22N4O2S.